The lowest BCUT2D eigenvalue weighted by atomic mass is 9.83. The molecule has 2 heteroatoms. The van der Waals surface area contributed by atoms with E-state index in [1.54, 1.807) is 0 Å². The van der Waals surface area contributed by atoms with Crippen molar-refractivity contribution in [1.82, 2.24) is 5.32 Å². The third-order valence-electron chi connectivity index (χ3n) is 4.83. The Morgan fingerprint density at radius 3 is 2.41 bits per heavy atom. The van der Waals surface area contributed by atoms with E-state index in [9.17, 15) is 5.11 Å². The molecule has 17 heavy (non-hydrogen) atoms. The van der Waals surface area contributed by atoms with Crippen molar-refractivity contribution in [2.75, 3.05) is 6.54 Å². The smallest absolute Gasteiger partial charge is 0.0580 e. The van der Waals surface area contributed by atoms with Crippen LogP contribution in [0.1, 0.15) is 64.7 Å². The molecule has 2 nitrogen and oxygen atoms in total. The SMILES string of the molecule is CCCC1CCC(NCC2CCCC2O)CC1. The van der Waals surface area contributed by atoms with Crippen LogP contribution in [0.25, 0.3) is 0 Å². The molecule has 2 fully saturated rings. The lowest BCUT2D eigenvalue weighted by molar-refractivity contribution is 0.127. The van der Waals surface area contributed by atoms with Crippen molar-refractivity contribution in [2.24, 2.45) is 11.8 Å². The zero-order valence-electron chi connectivity index (χ0n) is 11.3. The molecule has 2 aliphatic carbocycles. The van der Waals surface area contributed by atoms with Crippen LogP contribution in [0.3, 0.4) is 0 Å². The van der Waals surface area contributed by atoms with Crippen molar-refractivity contribution in [3.63, 3.8) is 0 Å². The Labute approximate surface area is 106 Å². The fourth-order valence-electron chi connectivity index (χ4n) is 3.64. The first-order valence-electron chi connectivity index (χ1n) is 7.71. The predicted octanol–water partition coefficient (Wildman–Crippen LogP) is 3.10. The van der Waals surface area contributed by atoms with Gasteiger partial charge in [0.05, 0.1) is 6.10 Å². The molecule has 0 saturated heterocycles. The topological polar surface area (TPSA) is 32.3 Å². The van der Waals surface area contributed by atoms with E-state index in [4.69, 9.17) is 0 Å². The summed E-state index contributed by atoms with van der Waals surface area (Å²) in [5, 5.41) is 13.5. The maximum atomic E-state index is 9.79. The van der Waals surface area contributed by atoms with Gasteiger partial charge < -0.3 is 10.4 Å². The van der Waals surface area contributed by atoms with Crippen LogP contribution < -0.4 is 5.32 Å². The Morgan fingerprint density at radius 1 is 1.06 bits per heavy atom. The van der Waals surface area contributed by atoms with E-state index < -0.39 is 0 Å². The summed E-state index contributed by atoms with van der Waals surface area (Å²) in [5.74, 6) is 1.53. The standard InChI is InChI=1S/C15H29NO/c1-2-4-12-7-9-14(10-8-12)16-11-13-5-3-6-15(13)17/h12-17H,2-11H2,1H3. The quantitative estimate of drug-likeness (QED) is 0.772. The van der Waals surface area contributed by atoms with Gasteiger partial charge in [-0.3, -0.25) is 0 Å². The molecule has 0 heterocycles. The lowest BCUT2D eigenvalue weighted by Gasteiger charge is -2.30. The number of rotatable bonds is 5. The van der Waals surface area contributed by atoms with E-state index in [1.165, 1.54) is 51.4 Å². The predicted molar refractivity (Wildman–Crippen MR) is 72.0 cm³/mol. The van der Waals surface area contributed by atoms with Crippen LogP contribution in [0.4, 0.5) is 0 Å². The molecule has 2 N–H and O–H groups in total. The minimum atomic E-state index is -0.0288. The Bertz CT molecular complexity index is 211. The van der Waals surface area contributed by atoms with Gasteiger partial charge in [0.15, 0.2) is 0 Å². The molecular weight excluding hydrogens is 210 g/mol. The number of hydrogen-bond acceptors (Lipinski definition) is 2. The molecule has 0 amide bonds. The highest BCUT2D eigenvalue weighted by atomic mass is 16.3. The van der Waals surface area contributed by atoms with Crippen molar-refractivity contribution >= 4 is 0 Å². The molecule has 0 radical (unpaired) electrons. The summed E-state index contributed by atoms with van der Waals surface area (Å²) >= 11 is 0. The summed E-state index contributed by atoms with van der Waals surface area (Å²) in [6.45, 7) is 3.34. The van der Waals surface area contributed by atoms with E-state index >= 15 is 0 Å². The summed E-state index contributed by atoms with van der Waals surface area (Å²) < 4.78 is 0. The minimum Gasteiger partial charge on any atom is -0.393 e. The van der Waals surface area contributed by atoms with Crippen molar-refractivity contribution < 1.29 is 5.11 Å². The molecule has 2 saturated carbocycles. The molecule has 0 spiro atoms. The van der Waals surface area contributed by atoms with E-state index in [0.717, 1.165) is 24.9 Å². The fraction of sp³-hybridized carbons (Fsp3) is 1.00. The van der Waals surface area contributed by atoms with Crippen molar-refractivity contribution in [3.8, 4) is 0 Å². The van der Waals surface area contributed by atoms with Crippen LogP contribution in [0.15, 0.2) is 0 Å². The maximum absolute atomic E-state index is 9.79. The van der Waals surface area contributed by atoms with E-state index in [0.29, 0.717) is 5.92 Å². The number of aliphatic hydroxyl groups excluding tert-OH is 1. The first-order valence-corrected chi connectivity index (χ1v) is 7.71. The lowest BCUT2D eigenvalue weighted by Crippen LogP contribution is -2.38. The molecule has 0 aliphatic heterocycles. The van der Waals surface area contributed by atoms with Gasteiger partial charge in [-0.15, -0.1) is 0 Å². The highest BCUT2D eigenvalue weighted by molar-refractivity contribution is 4.82. The van der Waals surface area contributed by atoms with Gasteiger partial charge in [-0.1, -0.05) is 26.2 Å². The average Bonchev–Trinajstić information content (AvgIpc) is 2.75. The van der Waals surface area contributed by atoms with E-state index in [2.05, 4.69) is 12.2 Å². The van der Waals surface area contributed by atoms with Crippen LogP contribution >= 0.6 is 0 Å². The number of aliphatic hydroxyl groups is 1. The second-order valence-electron chi connectivity index (χ2n) is 6.17. The summed E-state index contributed by atoms with van der Waals surface area (Å²) in [4.78, 5) is 0. The number of nitrogens with one attached hydrogen (secondary N) is 1. The monoisotopic (exact) mass is 239 g/mol. The average molecular weight is 239 g/mol. The van der Waals surface area contributed by atoms with Gasteiger partial charge in [0.25, 0.3) is 0 Å². The third-order valence-corrected chi connectivity index (χ3v) is 4.83. The van der Waals surface area contributed by atoms with Crippen LogP contribution in [0, 0.1) is 11.8 Å². The van der Waals surface area contributed by atoms with Crippen molar-refractivity contribution in [2.45, 2.75) is 76.9 Å². The maximum Gasteiger partial charge on any atom is 0.0580 e. The van der Waals surface area contributed by atoms with Crippen LogP contribution in [0.5, 0.6) is 0 Å². The molecule has 0 bridgehead atoms. The van der Waals surface area contributed by atoms with E-state index in [1.807, 2.05) is 0 Å². The van der Waals surface area contributed by atoms with Gasteiger partial charge in [0.2, 0.25) is 0 Å². The molecule has 0 aromatic rings. The van der Waals surface area contributed by atoms with Crippen LogP contribution in [0.2, 0.25) is 0 Å². The summed E-state index contributed by atoms with van der Waals surface area (Å²) in [6, 6.07) is 0.732. The van der Waals surface area contributed by atoms with Gasteiger partial charge >= 0.3 is 0 Å². The summed E-state index contributed by atoms with van der Waals surface area (Å²) in [5.41, 5.74) is 0. The molecule has 0 aromatic carbocycles. The number of hydrogen-bond donors (Lipinski definition) is 2. The third kappa shape index (κ3) is 3.96. The molecule has 2 atom stereocenters. The van der Waals surface area contributed by atoms with Gasteiger partial charge in [-0.2, -0.15) is 0 Å². The van der Waals surface area contributed by atoms with Gasteiger partial charge in [0.1, 0.15) is 0 Å². The van der Waals surface area contributed by atoms with Gasteiger partial charge in [-0.25, -0.2) is 0 Å². The van der Waals surface area contributed by atoms with Crippen molar-refractivity contribution in [3.05, 3.63) is 0 Å². The summed E-state index contributed by atoms with van der Waals surface area (Å²) in [7, 11) is 0. The van der Waals surface area contributed by atoms with Gasteiger partial charge in [-0.05, 0) is 50.4 Å². The zero-order chi connectivity index (χ0) is 12.1. The summed E-state index contributed by atoms with van der Waals surface area (Å²) in [6.07, 6.45) is 11.7. The normalized spacial score (nSPS) is 38.5. The molecule has 2 unspecified atom stereocenters. The second kappa shape index (κ2) is 6.75. The second-order valence-corrected chi connectivity index (χ2v) is 6.17. The zero-order valence-corrected chi connectivity index (χ0v) is 11.3. The molecule has 2 rings (SSSR count). The highest BCUT2D eigenvalue weighted by Crippen LogP contribution is 2.29. The molecule has 0 aromatic heterocycles. The largest absolute Gasteiger partial charge is 0.393 e. The fourth-order valence-corrected chi connectivity index (χ4v) is 3.64. The van der Waals surface area contributed by atoms with E-state index in [-0.39, 0.29) is 6.10 Å². The molecular formula is C15H29NO. The Hall–Kier alpha value is -0.0800. The molecule has 2 aliphatic rings. The van der Waals surface area contributed by atoms with Crippen LogP contribution in [-0.2, 0) is 0 Å². The highest BCUT2D eigenvalue weighted by Gasteiger charge is 2.26. The minimum absolute atomic E-state index is 0.0288. The van der Waals surface area contributed by atoms with Crippen LogP contribution in [-0.4, -0.2) is 23.8 Å². The Balaban J connectivity index is 1.61. The first kappa shape index (κ1) is 13.4. The van der Waals surface area contributed by atoms with Gasteiger partial charge in [0, 0.05) is 12.6 Å². The molecule has 100 valence electrons. The van der Waals surface area contributed by atoms with Crippen molar-refractivity contribution in [1.29, 1.82) is 0 Å². The Morgan fingerprint density at radius 2 is 1.82 bits per heavy atom. The Kier molecular flexibility index (Phi) is 5.30. The first-order chi connectivity index (χ1) is 8.29.